The molecule has 2 amide bonds. The van der Waals surface area contributed by atoms with Gasteiger partial charge in [0.2, 0.25) is 15.9 Å². The van der Waals surface area contributed by atoms with Crippen molar-refractivity contribution in [3.63, 3.8) is 0 Å². The summed E-state index contributed by atoms with van der Waals surface area (Å²) >= 11 is 0. The standard InChI is InChI=1S/C19H21N3O6S/c23-18(20-11-14-4-3-9-27-14)12-22-16-10-15(5-6-17(16)28-13-19(22)24)29(25,26)21-7-1-2-8-21/h3-6,9-10H,1-2,7-8,11-13H2,(H,20,23). The van der Waals surface area contributed by atoms with E-state index in [2.05, 4.69) is 5.32 Å². The number of ether oxygens (including phenoxy) is 1. The second-order valence-corrected chi connectivity index (χ2v) is 8.80. The van der Waals surface area contributed by atoms with E-state index in [-0.39, 0.29) is 30.3 Å². The minimum Gasteiger partial charge on any atom is -0.482 e. The molecular weight excluding hydrogens is 398 g/mol. The zero-order valence-electron chi connectivity index (χ0n) is 15.7. The van der Waals surface area contributed by atoms with Crippen LogP contribution in [0.25, 0.3) is 0 Å². The highest BCUT2D eigenvalue weighted by molar-refractivity contribution is 7.89. The van der Waals surface area contributed by atoms with Gasteiger partial charge < -0.3 is 14.5 Å². The highest BCUT2D eigenvalue weighted by Gasteiger charge is 2.32. The first-order valence-corrected chi connectivity index (χ1v) is 10.8. The third-order valence-corrected chi connectivity index (χ3v) is 6.81. The maximum Gasteiger partial charge on any atom is 0.265 e. The van der Waals surface area contributed by atoms with E-state index in [9.17, 15) is 18.0 Å². The van der Waals surface area contributed by atoms with E-state index in [0.29, 0.717) is 24.6 Å². The zero-order chi connectivity index (χ0) is 20.4. The van der Waals surface area contributed by atoms with Crippen LogP contribution in [0.1, 0.15) is 18.6 Å². The molecular formula is C19H21N3O6S. The maximum atomic E-state index is 12.9. The molecule has 1 aromatic heterocycles. The minimum absolute atomic E-state index is 0.0810. The lowest BCUT2D eigenvalue weighted by atomic mass is 10.2. The number of nitrogens with one attached hydrogen (secondary N) is 1. The summed E-state index contributed by atoms with van der Waals surface area (Å²) < 4.78 is 37.7. The number of benzene rings is 1. The average molecular weight is 419 g/mol. The molecule has 4 rings (SSSR count). The van der Waals surface area contributed by atoms with E-state index in [0.717, 1.165) is 12.8 Å². The van der Waals surface area contributed by atoms with Crippen LogP contribution in [0.4, 0.5) is 5.69 Å². The fraction of sp³-hybridized carbons (Fsp3) is 0.368. The second kappa shape index (κ2) is 7.88. The molecule has 0 spiro atoms. The predicted octanol–water partition coefficient (Wildman–Crippen LogP) is 1.11. The van der Waals surface area contributed by atoms with Gasteiger partial charge in [-0.05, 0) is 43.2 Å². The first-order valence-electron chi connectivity index (χ1n) is 9.31. The van der Waals surface area contributed by atoms with Crippen LogP contribution in [0.5, 0.6) is 5.75 Å². The Labute approximate surface area is 168 Å². The van der Waals surface area contributed by atoms with Crippen molar-refractivity contribution < 1.29 is 27.2 Å². The summed E-state index contributed by atoms with van der Waals surface area (Å²) in [4.78, 5) is 26.1. The topological polar surface area (TPSA) is 109 Å². The van der Waals surface area contributed by atoms with Gasteiger partial charge in [-0.3, -0.25) is 14.5 Å². The normalized spacial score (nSPS) is 17.1. The number of rotatable bonds is 6. The number of hydrogen-bond acceptors (Lipinski definition) is 6. The molecule has 1 fully saturated rings. The van der Waals surface area contributed by atoms with Crippen LogP contribution in [-0.2, 0) is 26.2 Å². The Bertz CT molecular complexity index is 1010. The van der Waals surface area contributed by atoms with Gasteiger partial charge in [-0.2, -0.15) is 4.31 Å². The number of sulfonamides is 1. The Morgan fingerprint density at radius 1 is 1.17 bits per heavy atom. The van der Waals surface area contributed by atoms with Gasteiger partial charge >= 0.3 is 0 Å². The van der Waals surface area contributed by atoms with Gasteiger partial charge in [-0.1, -0.05) is 0 Å². The molecule has 0 bridgehead atoms. The highest BCUT2D eigenvalue weighted by Crippen LogP contribution is 2.35. The molecule has 3 heterocycles. The number of carbonyl (C=O) groups is 2. The Kier molecular flexibility index (Phi) is 5.29. The number of amides is 2. The van der Waals surface area contributed by atoms with E-state index in [4.69, 9.17) is 9.15 Å². The molecule has 1 aromatic carbocycles. The van der Waals surface area contributed by atoms with Gasteiger partial charge in [0.05, 0.1) is 23.4 Å². The van der Waals surface area contributed by atoms with Gasteiger partial charge in [0.1, 0.15) is 18.1 Å². The smallest absolute Gasteiger partial charge is 0.265 e. The fourth-order valence-electron chi connectivity index (χ4n) is 3.39. The predicted molar refractivity (Wildman–Crippen MR) is 103 cm³/mol. The van der Waals surface area contributed by atoms with Gasteiger partial charge in [0.15, 0.2) is 6.61 Å². The molecule has 9 nitrogen and oxygen atoms in total. The quantitative estimate of drug-likeness (QED) is 0.751. The summed E-state index contributed by atoms with van der Waals surface area (Å²) in [6.45, 7) is 0.696. The van der Waals surface area contributed by atoms with Crippen molar-refractivity contribution in [2.45, 2.75) is 24.3 Å². The molecule has 29 heavy (non-hydrogen) atoms. The number of carbonyl (C=O) groups excluding carboxylic acids is 2. The fourth-order valence-corrected chi connectivity index (χ4v) is 4.93. The SMILES string of the molecule is O=C(CN1C(=O)COc2ccc(S(=O)(=O)N3CCCC3)cc21)NCc1ccco1. The van der Waals surface area contributed by atoms with Crippen LogP contribution in [0.2, 0.25) is 0 Å². The first-order chi connectivity index (χ1) is 13.9. The molecule has 0 aliphatic carbocycles. The molecule has 0 saturated carbocycles. The lowest BCUT2D eigenvalue weighted by molar-refractivity contribution is -0.125. The summed E-state index contributed by atoms with van der Waals surface area (Å²) in [5.41, 5.74) is 0.273. The van der Waals surface area contributed by atoms with E-state index < -0.39 is 21.8 Å². The Balaban J connectivity index is 1.55. The number of furan rings is 1. The third kappa shape index (κ3) is 3.99. The van der Waals surface area contributed by atoms with Gasteiger partial charge in [-0.25, -0.2) is 8.42 Å². The van der Waals surface area contributed by atoms with Gasteiger partial charge in [0, 0.05) is 13.1 Å². The maximum absolute atomic E-state index is 12.9. The summed E-state index contributed by atoms with van der Waals surface area (Å²) in [6.07, 6.45) is 3.16. The van der Waals surface area contributed by atoms with Crippen LogP contribution in [0, 0.1) is 0 Å². The summed E-state index contributed by atoms with van der Waals surface area (Å²) in [6, 6.07) is 7.84. The molecule has 2 aliphatic heterocycles. The first kappa shape index (κ1) is 19.5. The van der Waals surface area contributed by atoms with Crippen molar-refractivity contribution in [1.82, 2.24) is 9.62 Å². The lowest BCUT2D eigenvalue weighted by Gasteiger charge is -2.29. The summed E-state index contributed by atoms with van der Waals surface area (Å²) in [7, 11) is -3.65. The molecule has 2 aliphatic rings. The lowest BCUT2D eigenvalue weighted by Crippen LogP contribution is -2.45. The van der Waals surface area contributed by atoms with Crippen molar-refractivity contribution in [3.8, 4) is 5.75 Å². The van der Waals surface area contributed by atoms with Crippen LogP contribution in [0.15, 0.2) is 45.9 Å². The van der Waals surface area contributed by atoms with E-state index in [1.165, 1.54) is 33.7 Å². The highest BCUT2D eigenvalue weighted by atomic mass is 32.2. The van der Waals surface area contributed by atoms with E-state index in [1.54, 1.807) is 12.1 Å². The van der Waals surface area contributed by atoms with Crippen molar-refractivity contribution in [1.29, 1.82) is 0 Å². The molecule has 0 unspecified atom stereocenters. The van der Waals surface area contributed by atoms with Crippen LogP contribution >= 0.6 is 0 Å². The molecule has 0 atom stereocenters. The van der Waals surface area contributed by atoms with Crippen molar-refractivity contribution in [2.75, 3.05) is 31.1 Å². The molecule has 1 N–H and O–H groups in total. The van der Waals surface area contributed by atoms with E-state index in [1.807, 2.05) is 0 Å². The van der Waals surface area contributed by atoms with Crippen molar-refractivity contribution in [2.24, 2.45) is 0 Å². The van der Waals surface area contributed by atoms with E-state index >= 15 is 0 Å². The van der Waals surface area contributed by atoms with Crippen LogP contribution in [0.3, 0.4) is 0 Å². The molecule has 1 saturated heterocycles. The Hall–Kier alpha value is -2.85. The minimum atomic E-state index is -3.65. The van der Waals surface area contributed by atoms with Crippen molar-refractivity contribution >= 4 is 27.5 Å². The van der Waals surface area contributed by atoms with Crippen LogP contribution in [-0.4, -0.2) is 50.8 Å². The number of hydrogen-bond donors (Lipinski definition) is 1. The summed E-state index contributed by atoms with van der Waals surface area (Å²) in [5.74, 6) is 0.145. The number of fused-ring (bicyclic) bond motifs is 1. The van der Waals surface area contributed by atoms with Crippen LogP contribution < -0.4 is 15.0 Å². The van der Waals surface area contributed by atoms with Crippen molar-refractivity contribution in [3.05, 3.63) is 42.4 Å². The van der Waals surface area contributed by atoms with Gasteiger partial charge in [0.25, 0.3) is 5.91 Å². The monoisotopic (exact) mass is 419 g/mol. The Morgan fingerprint density at radius 3 is 2.69 bits per heavy atom. The summed E-state index contributed by atoms with van der Waals surface area (Å²) in [5, 5.41) is 2.68. The van der Waals surface area contributed by atoms with Gasteiger partial charge in [-0.15, -0.1) is 0 Å². The largest absolute Gasteiger partial charge is 0.482 e. The number of nitrogens with zero attached hydrogens (tertiary/aromatic N) is 2. The number of anilines is 1. The second-order valence-electron chi connectivity index (χ2n) is 6.87. The third-order valence-electron chi connectivity index (χ3n) is 4.92. The average Bonchev–Trinajstić information content (AvgIpc) is 3.42. The molecule has 10 heteroatoms. The molecule has 154 valence electrons. The molecule has 2 aromatic rings. The zero-order valence-corrected chi connectivity index (χ0v) is 16.5. The molecule has 0 radical (unpaired) electrons. The Morgan fingerprint density at radius 2 is 1.97 bits per heavy atom.